The summed E-state index contributed by atoms with van der Waals surface area (Å²) in [5.41, 5.74) is 1.08. The third-order valence-corrected chi connectivity index (χ3v) is 2.96. The zero-order valence-corrected chi connectivity index (χ0v) is 10.9. The van der Waals surface area contributed by atoms with Crippen molar-refractivity contribution in [2.75, 3.05) is 13.2 Å². The average Bonchev–Trinajstić information content (AvgIpc) is 2.42. The molecule has 0 saturated heterocycles. The number of hydrogen-bond donors (Lipinski definition) is 3. The van der Waals surface area contributed by atoms with Gasteiger partial charge in [0.1, 0.15) is 0 Å². The second kappa shape index (κ2) is 8.53. The van der Waals surface area contributed by atoms with Crippen LogP contribution in [0.4, 0.5) is 4.79 Å². The highest BCUT2D eigenvalue weighted by molar-refractivity contribution is 5.73. The first-order valence-electron chi connectivity index (χ1n) is 6.42. The van der Waals surface area contributed by atoms with Crippen molar-refractivity contribution < 1.29 is 9.90 Å². The number of hydrogen-bond acceptors (Lipinski definition) is 2. The van der Waals surface area contributed by atoms with Crippen LogP contribution in [0.5, 0.6) is 0 Å². The Morgan fingerprint density at radius 1 is 1.28 bits per heavy atom. The third kappa shape index (κ3) is 5.68. The van der Waals surface area contributed by atoms with Crippen molar-refractivity contribution in [1.82, 2.24) is 10.6 Å². The molecule has 0 radical (unpaired) electrons. The highest BCUT2D eigenvalue weighted by Gasteiger charge is 2.07. The quantitative estimate of drug-likeness (QED) is 0.692. The van der Waals surface area contributed by atoms with E-state index in [1.54, 1.807) is 0 Å². The number of nitrogens with one attached hydrogen (secondary N) is 2. The summed E-state index contributed by atoms with van der Waals surface area (Å²) in [5, 5.41) is 14.5. The summed E-state index contributed by atoms with van der Waals surface area (Å²) >= 11 is 0. The van der Waals surface area contributed by atoms with Gasteiger partial charge in [-0.2, -0.15) is 0 Å². The van der Waals surface area contributed by atoms with Crippen LogP contribution in [0, 0.1) is 5.92 Å². The fraction of sp³-hybridized carbons (Fsp3) is 0.500. The molecule has 18 heavy (non-hydrogen) atoms. The van der Waals surface area contributed by atoms with Crippen molar-refractivity contribution in [3.8, 4) is 0 Å². The number of benzene rings is 1. The Morgan fingerprint density at radius 2 is 2.00 bits per heavy atom. The molecule has 1 unspecified atom stereocenters. The molecule has 100 valence electrons. The van der Waals surface area contributed by atoms with Crippen LogP contribution < -0.4 is 10.6 Å². The van der Waals surface area contributed by atoms with Crippen LogP contribution in [0.25, 0.3) is 0 Å². The van der Waals surface area contributed by atoms with Gasteiger partial charge in [-0.25, -0.2) is 4.79 Å². The van der Waals surface area contributed by atoms with Gasteiger partial charge in [0, 0.05) is 19.7 Å². The Balaban J connectivity index is 2.21. The fourth-order valence-corrected chi connectivity index (χ4v) is 1.71. The predicted molar refractivity (Wildman–Crippen MR) is 72.2 cm³/mol. The molecule has 3 N–H and O–H groups in total. The van der Waals surface area contributed by atoms with Crippen molar-refractivity contribution in [1.29, 1.82) is 0 Å². The lowest BCUT2D eigenvalue weighted by atomic mass is 10.0. The van der Waals surface area contributed by atoms with Gasteiger partial charge in [-0.1, -0.05) is 43.7 Å². The van der Waals surface area contributed by atoms with Crippen LogP contribution in [0.15, 0.2) is 30.3 Å². The maximum atomic E-state index is 11.6. The minimum absolute atomic E-state index is 0.157. The van der Waals surface area contributed by atoms with Gasteiger partial charge in [-0.15, -0.1) is 0 Å². The molecule has 0 bridgehead atoms. The summed E-state index contributed by atoms with van der Waals surface area (Å²) < 4.78 is 0. The molecule has 0 saturated carbocycles. The molecule has 1 atom stereocenters. The van der Waals surface area contributed by atoms with E-state index in [1.807, 2.05) is 30.3 Å². The second-order valence-electron chi connectivity index (χ2n) is 4.34. The molecular weight excluding hydrogens is 228 g/mol. The first-order valence-corrected chi connectivity index (χ1v) is 6.42. The topological polar surface area (TPSA) is 61.4 Å². The van der Waals surface area contributed by atoms with Gasteiger partial charge in [0.15, 0.2) is 0 Å². The number of rotatable bonds is 7. The second-order valence-corrected chi connectivity index (χ2v) is 4.34. The summed E-state index contributed by atoms with van der Waals surface area (Å²) in [6.07, 6.45) is 1.69. The lowest BCUT2D eigenvalue weighted by molar-refractivity contribution is 0.230. The van der Waals surface area contributed by atoms with E-state index in [9.17, 15) is 4.79 Å². The van der Waals surface area contributed by atoms with Crippen LogP contribution in [-0.4, -0.2) is 24.3 Å². The average molecular weight is 250 g/mol. The molecular formula is C14H22N2O2. The first-order chi connectivity index (χ1) is 8.76. The Bertz CT molecular complexity index is 341. The van der Waals surface area contributed by atoms with Crippen LogP contribution in [-0.2, 0) is 6.54 Å². The highest BCUT2D eigenvalue weighted by Crippen LogP contribution is 2.05. The normalized spacial score (nSPS) is 11.9. The van der Waals surface area contributed by atoms with Gasteiger partial charge in [0.25, 0.3) is 0 Å². The van der Waals surface area contributed by atoms with Crippen molar-refractivity contribution in [2.24, 2.45) is 5.92 Å². The van der Waals surface area contributed by atoms with Crippen molar-refractivity contribution in [2.45, 2.75) is 26.3 Å². The van der Waals surface area contributed by atoms with Gasteiger partial charge < -0.3 is 15.7 Å². The highest BCUT2D eigenvalue weighted by atomic mass is 16.3. The molecule has 0 aliphatic rings. The molecule has 1 aromatic carbocycles. The zero-order chi connectivity index (χ0) is 13.2. The SMILES string of the molecule is CCC(CCO)CNC(=O)NCc1ccccc1. The summed E-state index contributed by atoms with van der Waals surface area (Å²) in [7, 11) is 0. The standard InChI is InChI=1S/C14H22N2O2/c1-2-12(8-9-17)10-15-14(18)16-11-13-6-4-3-5-7-13/h3-7,12,17H,2,8-11H2,1H3,(H2,15,16,18). The lowest BCUT2D eigenvalue weighted by Crippen LogP contribution is -2.38. The van der Waals surface area contributed by atoms with E-state index in [-0.39, 0.29) is 12.6 Å². The number of amides is 2. The van der Waals surface area contributed by atoms with Crippen molar-refractivity contribution in [3.05, 3.63) is 35.9 Å². The molecule has 2 amide bonds. The minimum Gasteiger partial charge on any atom is -0.396 e. The Labute approximate surface area is 108 Å². The Hall–Kier alpha value is -1.55. The van der Waals surface area contributed by atoms with Crippen LogP contribution >= 0.6 is 0 Å². The zero-order valence-electron chi connectivity index (χ0n) is 10.9. The van der Waals surface area contributed by atoms with E-state index in [1.165, 1.54) is 0 Å². The Kier molecular flexibility index (Phi) is 6.87. The molecule has 4 nitrogen and oxygen atoms in total. The van der Waals surface area contributed by atoms with Crippen LogP contribution in [0.3, 0.4) is 0 Å². The maximum Gasteiger partial charge on any atom is 0.315 e. The molecule has 1 rings (SSSR count). The minimum atomic E-state index is -0.157. The molecule has 1 aromatic rings. The van der Waals surface area contributed by atoms with Gasteiger partial charge in [0.2, 0.25) is 0 Å². The van der Waals surface area contributed by atoms with E-state index >= 15 is 0 Å². The van der Waals surface area contributed by atoms with E-state index in [4.69, 9.17) is 5.11 Å². The number of carbonyl (C=O) groups is 1. The van der Waals surface area contributed by atoms with Gasteiger partial charge in [0.05, 0.1) is 0 Å². The van der Waals surface area contributed by atoms with Crippen molar-refractivity contribution >= 4 is 6.03 Å². The maximum absolute atomic E-state index is 11.6. The number of aliphatic hydroxyl groups is 1. The largest absolute Gasteiger partial charge is 0.396 e. The molecule has 0 aliphatic carbocycles. The summed E-state index contributed by atoms with van der Waals surface area (Å²) in [5.74, 6) is 0.345. The van der Waals surface area contributed by atoms with E-state index in [0.29, 0.717) is 19.0 Å². The summed E-state index contributed by atoms with van der Waals surface area (Å²) in [4.78, 5) is 11.6. The Morgan fingerprint density at radius 3 is 2.61 bits per heavy atom. The third-order valence-electron chi connectivity index (χ3n) is 2.96. The van der Waals surface area contributed by atoms with Crippen LogP contribution in [0.2, 0.25) is 0 Å². The van der Waals surface area contributed by atoms with Gasteiger partial charge in [-0.3, -0.25) is 0 Å². The molecule has 0 fully saturated rings. The van der Waals surface area contributed by atoms with Crippen molar-refractivity contribution in [3.63, 3.8) is 0 Å². The molecule has 0 aromatic heterocycles. The fourth-order valence-electron chi connectivity index (χ4n) is 1.71. The van der Waals surface area contributed by atoms with Crippen LogP contribution in [0.1, 0.15) is 25.3 Å². The lowest BCUT2D eigenvalue weighted by Gasteiger charge is -2.14. The number of carbonyl (C=O) groups excluding carboxylic acids is 1. The van der Waals surface area contributed by atoms with Gasteiger partial charge >= 0.3 is 6.03 Å². The molecule has 0 heterocycles. The number of aliphatic hydroxyl groups excluding tert-OH is 1. The summed E-state index contributed by atoms with van der Waals surface area (Å²) in [6, 6.07) is 9.63. The smallest absolute Gasteiger partial charge is 0.315 e. The van der Waals surface area contributed by atoms with E-state index in [0.717, 1.165) is 18.4 Å². The summed E-state index contributed by atoms with van der Waals surface area (Å²) in [6.45, 7) is 3.37. The van der Waals surface area contributed by atoms with E-state index in [2.05, 4.69) is 17.6 Å². The van der Waals surface area contributed by atoms with Gasteiger partial charge in [-0.05, 0) is 17.9 Å². The van der Waals surface area contributed by atoms with E-state index < -0.39 is 0 Å². The molecule has 4 heteroatoms. The predicted octanol–water partition coefficient (Wildman–Crippen LogP) is 1.89. The monoisotopic (exact) mass is 250 g/mol. The number of urea groups is 1. The first kappa shape index (κ1) is 14.5. The molecule has 0 aliphatic heterocycles. The molecule has 0 spiro atoms.